The third-order valence-electron chi connectivity index (χ3n) is 0.512. The maximum atomic E-state index is 8.07. The van der Waals surface area contributed by atoms with E-state index in [0.717, 1.165) is 34.2 Å². The van der Waals surface area contributed by atoms with E-state index in [0.29, 0.717) is 6.61 Å². The Morgan fingerprint density at radius 2 is 1.08 bits per heavy atom. The molecule has 0 aliphatic heterocycles. The molecule has 0 saturated carbocycles. The number of hydrogen-bond donors (Lipinski definition) is 4. The molecule has 0 rings (SSSR count). The molecular formula is C7H22HfO4. The van der Waals surface area contributed by atoms with Crippen LogP contribution in [0.25, 0.3) is 0 Å². The SMILES string of the molecule is CCCCO.CO.CO.CO.[Hf]. The molecule has 0 bridgehead atoms. The maximum absolute atomic E-state index is 8.07. The molecule has 0 unspecified atom stereocenters. The number of aliphatic hydroxyl groups excluding tert-OH is 4. The van der Waals surface area contributed by atoms with Gasteiger partial charge in [0.15, 0.2) is 0 Å². The van der Waals surface area contributed by atoms with Crippen LogP contribution in [-0.4, -0.2) is 48.4 Å². The van der Waals surface area contributed by atoms with Crippen molar-refractivity contribution in [1.29, 1.82) is 0 Å². The van der Waals surface area contributed by atoms with Crippen molar-refractivity contribution >= 4 is 0 Å². The summed E-state index contributed by atoms with van der Waals surface area (Å²) in [6.45, 7) is 2.40. The second-order valence-electron chi connectivity index (χ2n) is 1.08. The van der Waals surface area contributed by atoms with Crippen molar-refractivity contribution in [3.05, 3.63) is 0 Å². The summed E-state index contributed by atoms with van der Waals surface area (Å²) in [5.74, 6) is 0. The van der Waals surface area contributed by atoms with Gasteiger partial charge in [-0.05, 0) is 6.42 Å². The summed E-state index contributed by atoms with van der Waals surface area (Å²) in [6.07, 6.45) is 2.04. The fourth-order valence-corrected chi connectivity index (χ4v) is 0.158. The van der Waals surface area contributed by atoms with Gasteiger partial charge in [-0.3, -0.25) is 0 Å². The minimum absolute atomic E-state index is 0. The van der Waals surface area contributed by atoms with Crippen LogP contribution in [-0.2, 0) is 25.8 Å². The van der Waals surface area contributed by atoms with Gasteiger partial charge in [-0.15, -0.1) is 0 Å². The number of unbranched alkanes of at least 4 members (excludes halogenated alkanes) is 1. The molecule has 12 heavy (non-hydrogen) atoms. The monoisotopic (exact) mass is 350 g/mol. The van der Waals surface area contributed by atoms with Crippen molar-refractivity contribution < 1.29 is 46.3 Å². The van der Waals surface area contributed by atoms with Gasteiger partial charge in [-0.1, -0.05) is 13.3 Å². The van der Waals surface area contributed by atoms with Gasteiger partial charge in [-0.2, -0.15) is 0 Å². The van der Waals surface area contributed by atoms with Crippen molar-refractivity contribution in [1.82, 2.24) is 0 Å². The zero-order valence-electron chi connectivity index (χ0n) is 8.41. The van der Waals surface area contributed by atoms with Crippen molar-refractivity contribution in [2.24, 2.45) is 0 Å². The van der Waals surface area contributed by atoms with Crippen molar-refractivity contribution in [3.63, 3.8) is 0 Å². The van der Waals surface area contributed by atoms with Gasteiger partial charge in [0, 0.05) is 53.8 Å². The van der Waals surface area contributed by atoms with E-state index in [1.54, 1.807) is 0 Å². The quantitative estimate of drug-likeness (QED) is 0.512. The van der Waals surface area contributed by atoms with Crippen LogP contribution in [0.5, 0.6) is 0 Å². The van der Waals surface area contributed by atoms with E-state index in [-0.39, 0.29) is 25.8 Å². The topological polar surface area (TPSA) is 80.9 Å². The minimum Gasteiger partial charge on any atom is -0.400 e. The molecule has 0 fully saturated rings. The molecule has 0 radical (unpaired) electrons. The van der Waals surface area contributed by atoms with E-state index in [9.17, 15) is 0 Å². The van der Waals surface area contributed by atoms with Crippen LogP contribution in [0.1, 0.15) is 19.8 Å². The van der Waals surface area contributed by atoms with E-state index < -0.39 is 0 Å². The first-order valence-electron chi connectivity index (χ1n) is 3.36. The summed E-state index contributed by atoms with van der Waals surface area (Å²) in [4.78, 5) is 0. The minimum atomic E-state index is 0. The van der Waals surface area contributed by atoms with E-state index in [2.05, 4.69) is 6.92 Å². The predicted molar refractivity (Wildman–Crippen MR) is 46.4 cm³/mol. The molecule has 0 aromatic carbocycles. The van der Waals surface area contributed by atoms with Crippen LogP contribution >= 0.6 is 0 Å². The summed E-state index contributed by atoms with van der Waals surface area (Å²) < 4.78 is 0. The average molecular weight is 349 g/mol. The first-order valence-corrected chi connectivity index (χ1v) is 3.36. The average Bonchev–Trinajstić information content (AvgIpc) is 2.16. The van der Waals surface area contributed by atoms with Crippen LogP contribution in [0, 0.1) is 0 Å². The Morgan fingerprint density at radius 1 is 0.833 bits per heavy atom. The molecule has 0 aliphatic rings. The second kappa shape index (κ2) is 97.6. The number of aliphatic hydroxyl groups is 4. The third-order valence-corrected chi connectivity index (χ3v) is 0.512. The molecule has 0 aromatic rings. The number of hydrogen-bond acceptors (Lipinski definition) is 4. The Morgan fingerprint density at radius 3 is 1.08 bits per heavy atom. The van der Waals surface area contributed by atoms with E-state index in [1.807, 2.05) is 0 Å². The fourth-order valence-electron chi connectivity index (χ4n) is 0.158. The zero-order chi connectivity index (χ0) is 10.1. The Kier molecular flexibility index (Phi) is 238. The van der Waals surface area contributed by atoms with Gasteiger partial charge in [0.25, 0.3) is 0 Å². The largest absolute Gasteiger partial charge is 0.400 e. The van der Waals surface area contributed by atoms with Crippen molar-refractivity contribution in [3.8, 4) is 0 Å². The molecule has 5 heteroatoms. The first kappa shape index (κ1) is 29.3. The van der Waals surface area contributed by atoms with Gasteiger partial charge in [-0.25, -0.2) is 0 Å². The molecule has 0 aliphatic carbocycles. The molecule has 4 N–H and O–H groups in total. The predicted octanol–water partition coefficient (Wildman–Crippen LogP) is -0.398. The van der Waals surface area contributed by atoms with Crippen molar-refractivity contribution in [2.75, 3.05) is 27.9 Å². The van der Waals surface area contributed by atoms with Crippen LogP contribution in [0.4, 0.5) is 0 Å². The second-order valence-corrected chi connectivity index (χ2v) is 1.08. The van der Waals surface area contributed by atoms with Gasteiger partial charge in [0.1, 0.15) is 0 Å². The van der Waals surface area contributed by atoms with Crippen molar-refractivity contribution in [2.45, 2.75) is 19.8 Å². The first-order chi connectivity index (χ1) is 5.41. The van der Waals surface area contributed by atoms with Gasteiger partial charge < -0.3 is 20.4 Å². The fraction of sp³-hybridized carbons (Fsp3) is 1.00. The summed E-state index contributed by atoms with van der Waals surface area (Å²) in [5, 5.41) is 29.1. The molecule has 78 valence electrons. The molecule has 0 heterocycles. The molecule has 4 nitrogen and oxygen atoms in total. The molecular weight excluding hydrogens is 327 g/mol. The third kappa shape index (κ3) is 137. The van der Waals surface area contributed by atoms with Crippen LogP contribution in [0.3, 0.4) is 0 Å². The van der Waals surface area contributed by atoms with E-state index in [1.165, 1.54) is 0 Å². The molecule has 0 saturated heterocycles. The smallest absolute Gasteiger partial charge is 0.0430 e. The molecule has 0 spiro atoms. The van der Waals surface area contributed by atoms with Crippen LogP contribution in [0.2, 0.25) is 0 Å². The molecule has 0 atom stereocenters. The van der Waals surface area contributed by atoms with Gasteiger partial charge in [0.05, 0.1) is 0 Å². The summed E-state index contributed by atoms with van der Waals surface area (Å²) in [7, 11) is 3.00. The summed E-state index contributed by atoms with van der Waals surface area (Å²) in [6, 6.07) is 0. The summed E-state index contributed by atoms with van der Waals surface area (Å²) in [5.41, 5.74) is 0. The Hall–Kier alpha value is 0.710. The Labute approximate surface area is 94.0 Å². The maximum Gasteiger partial charge on any atom is 0.0430 e. The normalized spacial score (nSPS) is 5.00. The molecule has 0 aromatic heterocycles. The van der Waals surface area contributed by atoms with Gasteiger partial charge in [0.2, 0.25) is 0 Å². The van der Waals surface area contributed by atoms with Crippen LogP contribution in [0.15, 0.2) is 0 Å². The van der Waals surface area contributed by atoms with Gasteiger partial charge >= 0.3 is 0 Å². The summed E-state index contributed by atoms with van der Waals surface area (Å²) >= 11 is 0. The van der Waals surface area contributed by atoms with Crippen LogP contribution < -0.4 is 0 Å². The number of rotatable bonds is 2. The zero-order valence-corrected chi connectivity index (χ0v) is 12.0. The van der Waals surface area contributed by atoms with E-state index in [4.69, 9.17) is 20.4 Å². The molecule has 0 amide bonds. The standard InChI is InChI=1S/C4H10O.3CH4O.Hf/c1-2-3-4-5;3*1-2;/h5H,2-4H2,1H3;3*2H,1H3;. The Bertz CT molecular complexity index is 22.9. The van der Waals surface area contributed by atoms with E-state index >= 15 is 0 Å². The Balaban J connectivity index is -0.0000000203.